The molecule has 5 rings (SSSR count). The van der Waals surface area contributed by atoms with E-state index in [0.717, 1.165) is 53.5 Å². The van der Waals surface area contributed by atoms with E-state index in [1.807, 2.05) is 48.5 Å². The summed E-state index contributed by atoms with van der Waals surface area (Å²) in [5.41, 5.74) is 10.5. The van der Waals surface area contributed by atoms with E-state index >= 15 is 0 Å². The summed E-state index contributed by atoms with van der Waals surface area (Å²) in [6, 6.07) is 15.9. The van der Waals surface area contributed by atoms with Gasteiger partial charge in [-0.05, 0) is 42.2 Å². The van der Waals surface area contributed by atoms with Gasteiger partial charge in [-0.15, -0.1) is 11.3 Å². The minimum atomic E-state index is -0.135. The number of carbonyl (C=O) groups is 1. The van der Waals surface area contributed by atoms with Gasteiger partial charge in [-0.2, -0.15) is 0 Å². The first-order valence-corrected chi connectivity index (χ1v) is 13.2. The van der Waals surface area contributed by atoms with Crippen LogP contribution in [0, 0.1) is 0 Å². The van der Waals surface area contributed by atoms with Crippen molar-refractivity contribution in [1.82, 2.24) is 10.3 Å². The van der Waals surface area contributed by atoms with Gasteiger partial charge in [-0.25, -0.2) is 4.98 Å². The Hall–Kier alpha value is -3.78. The lowest BCUT2D eigenvalue weighted by atomic mass is 9.95. The predicted molar refractivity (Wildman–Crippen MR) is 149 cm³/mol. The van der Waals surface area contributed by atoms with E-state index in [0.29, 0.717) is 32.6 Å². The molecule has 0 radical (unpaired) electrons. The largest absolute Gasteiger partial charge is 0.493 e. The van der Waals surface area contributed by atoms with Crippen LogP contribution in [0.3, 0.4) is 0 Å². The number of hydrogen-bond acceptors (Lipinski definition) is 7. The molecule has 1 amide bonds. The van der Waals surface area contributed by atoms with E-state index in [1.165, 1.54) is 17.8 Å². The number of hydrogen-bond donors (Lipinski definition) is 2. The third-order valence-corrected chi connectivity index (χ3v) is 7.99. The Balaban J connectivity index is 1.70. The summed E-state index contributed by atoms with van der Waals surface area (Å²) in [4.78, 5) is 19.5. The van der Waals surface area contributed by atoms with Gasteiger partial charge in [0.25, 0.3) is 5.91 Å². The molecule has 1 saturated carbocycles. The van der Waals surface area contributed by atoms with Crippen molar-refractivity contribution in [3.05, 3.63) is 53.4 Å². The molecule has 192 valence electrons. The van der Waals surface area contributed by atoms with Gasteiger partial charge in [0.2, 0.25) is 5.75 Å². The maximum absolute atomic E-state index is 13.3. The number of carbonyl (C=O) groups excluding carboxylic acids is 1. The Morgan fingerprint density at radius 1 is 0.946 bits per heavy atom. The Kier molecular flexibility index (Phi) is 7.19. The van der Waals surface area contributed by atoms with Crippen LogP contribution in [0.2, 0.25) is 0 Å². The van der Waals surface area contributed by atoms with E-state index in [2.05, 4.69) is 5.32 Å². The number of aromatic nitrogens is 1. The fourth-order valence-electron chi connectivity index (χ4n) is 5.01. The molecule has 0 bridgehead atoms. The topological polar surface area (TPSA) is 95.7 Å². The molecule has 0 aliphatic heterocycles. The van der Waals surface area contributed by atoms with E-state index in [4.69, 9.17) is 24.9 Å². The van der Waals surface area contributed by atoms with Crippen molar-refractivity contribution >= 4 is 33.1 Å². The molecule has 4 aromatic rings. The second kappa shape index (κ2) is 10.7. The summed E-state index contributed by atoms with van der Waals surface area (Å²) in [7, 11) is 4.75. The van der Waals surface area contributed by atoms with Crippen molar-refractivity contribution in [3.8, 4) is 39.6 Å². The van der Waals surface area contributed by atoms with Gasteiger partial charge in [0, 0.05) is 17.0 Å². The highest BCUT2D eigenvalue weighted by Crippen LogP contribution is 2.46. The number of anilines is 1. The van der Waals surface area contributed by atoms with Crippen molar-refractivity contribution < 1.29 is 19.0 Å². The molecule has 3 N–H and O–H groups in total. The maximum Gasteiger partial charge on any atom is 0.263 e. The average Bonchev–Trinajstić information content (AvgIpc) is 3.29. The highest BCUT2D eigenvalue weighted by molar-refractivity contribution is 7.21. The molecular formula is C29H31N3O4S. The normalized spacial score (nSPS) is 13.9. The first-order valence-electron chi connectivity index (χ1n) is 12.4. The van der Waals surface area contributed by atoms with Crippen LogP contribution in [-0.2, 0) is 0 Å². The smallest absolute Gasteiger partial charge is 0.263 e. The molecule has 8 heteroatoms. The van der Waals surface area contributed by atoms with Crippen molar-refractivity contribution in [2.45, 2.75) is 38.1 Å². The first kappa shape index (κ1) is 24.9. The molecule has 1 aliphatic carbocycles. The van der Waals surface area contributed by atoms with Gasteiger partial charge < -0.3 is 25.3 Å². The lowest BCUT2D eigenvalue weighted by molar-refractivity contribution is 0.0932. The number of ether oxygens (including phenoxy) is 3. The van der Waals surface area contributed by atoms with Crippen LogP contribution < -0.4 is 25.3 Å². The van der Waals surface area contributed by atoms with Gasteiger partial charge in [0.05, 0.1) is 32.7 Å². The number of rotatable bonds is 7. The molecule has 0 atom stereocenters. The number of pyridine rings is 1. The van der Waals surface area contributed by atoms with Gasteiger partial charge in [-0.3, -0.25) is 4.79 Å². The number of fused-ring (bicyclic) bond motifs is 1. The van der Waals surface area contributed by atoms with Crippen molar-refractivity contribution in [1.29, 1.82) is 0 Å². The number of benzene rings is 2. The minimum absolute atomic E-state index is 0.135. The standard InChI is InChI=1S/C29H31N3O4S/c1-34-22-14-18(15-23(35-2)26(22)36-3)20-16-21(17-10-6-4-7-11-17)32-29-24(20)25(30)27(37-29)28(33)31-19-12-8-5-9-13-19/h4,6-7,10-11,14-16,19H,5,8-9,12-13,30H2,1-3H3,(H,31,33). The van der Waals surface area contributed by atoms with E-state index in [-0.39, 0.29) is 11.9 Å². The summed E-state index contributed by atoms with van der Waals surface area (Å²) < 4.78 is 16.7. The third-order valence-electron chi connectivity index (χ3n) is 6.89. The van der Waals surface area contributed by atoms with Crippen molar-refractivity contribution in [2.24, 2.45) is 0 Å². The number of nitrogens with zero attached hydrogens (tertiary/aromatic N) is 1. The zero-order valence-electron chi connectivity index (χ0n) is 21.3. The molecule has 2 aromatic heterocycles. The van der Waals surface area contributed by atoms with Crippen LogP contribution in [-0.4, -0.2) is 38.3 Å². The predicted octanol–water partition coefficient (Wildman–Crippen LogP) is 6.30. The summed E-state index contributed by atoms with van der Waals surface area (Å²) >= 11 is 1.33. The van der Waals surface area contributed by atoms with Crippen LogP contribution in [0.25, 0.3) is 32.6 Å². The summed E-state index contributed by atoms with van der Waals surface area (Å²) in [6.07, 6.45) is 5.51. The molecule has 2 heterocycles. The molecular weight excluding hydrogens is 486 g/mol. The lowest BCUT2D eigenvalue weighted by Crippen LogP contribution is -2.36. The molecule has 1 fully saturated rings. The van der Waals surface area contributed by atoms with Crippen LogP contribution >= 0.6 is 11.3 Å². The van der Waals surface area contributed by atoms with Crippen molar-refractivity contribution in [3.63, 3.8) is 0 Å². The quantitative estimate of drug-likeness (QED) is 0.299. The molecule has 0 saturated heterocycles. The Morgan fingerprint density at radius 3 is 2.24 bits per heavy atom. The summed E-state index contributed by atoms with van der Waals surface area (Å²) in [5, 5.41) is 3.94. The number of amides is 1. The molecule has 7 nitrogen and oxygen atoms in total. The van der Waals surface area contributed by atoms with Gasteiger partial charge in [0.15, 0.2) is 11.5 Å². The maximum atomic E-state index is 13.3. The Labute approximate surface area is 220 Å². The lowest BCUT2D eigenvalue weighted by Gasteiger charge is -2.22. The van der Waals surface area contributed by atoms with Crippen LogP contribution in [0.5, 0.6) is 17.2 Å². The number of nitrogen functional groups attached to an aromatic ring is 1. The molecule has 2 aromatic carbocycles. The van der Waals surface area contributed by atoms with Crippen LogP contribution in [0.4, 0.5) is 5.69 Å². The minimum Gasteiger partial charge on any atom is -0.493 e. The Morgan fingerprint density at radius 2 is 1.62 bits per heavy atom. The second-order valence-corrected chi connectivity index (χ2v) is 10.2. The zero-order valence-corrected chi connectivity index (χ0v) is 22.1. The summed E-state index contributed by atoms with van der Waals surface area (Å²) in [6.45, 7) is 0. The monoisotopic (exact) mass is 517 g/mol. The highest BCUT2D eigenvalue weighted by Gasteiger charge is 2.25. The molecule has 0 spiro atoms. The SMILES string of the molecule is COc1cc(-c2cc(-c3ccccc3)nc3sc(C(=O)NC4CCCCC4)c(N)c23)cc(OC)c1OC. The molecule has 0 unspecified atom stereocenters. The van der Waals surface area contributed by atoms with Gasteiger partial charge in [0.1, 0.15) is 9.71 Å². The Bertz CT molecular complexity index is 1400. The number of methoxy groups -OCH3 is 3. The fraction of sp³-hybridized carbons (Fsp3) is 0.310. The first-order chi connectivity index (χ1) is 18.0. The van der Waals surface area contributed by atoms with Gasteiger partial charge >= 0.3 is 0 Å². The summed E-state index contributed by atoms with van der Waals surface area (Å²) in [5.74, 6) is 1.44. The number of nitrogens with one attached hydrogen (secondary N) is 1. The molecule has 37 heavy (non-hydrogen) atoms. The zero-order chi connectivity index (χ0) is 25.9. The second-order valence-electron chi connectivity index (χ2n) is 9.17. The van der Waals surface area contributed by atoms with E-state index in [1.54, 1.807) is 21.3 Å². The van der Waals surface area contributed by atoms with E-state index in [9.17, 15) is 4.79 Å². The van der Waals surface area contributed by atoms with Crippen LogP contribution in [0.1, 0.15) is 41.8 Å². The number of thiophene rings is 1. The van der Waals surface area contributed by atoms with Crippen molar-refractivity contribution in [2.75, 3.05) is 27.1 Å². The van der Waals surface area contributed by atoms with Crippen LogP contribution in [0.15, 0.2) is 48.5 Å². The highest BCUT2D eigenvalue weighted by atomic mass is 32.1. The van der Waals surface area contributed by atoms with E-state index < -0.39 is 0 Å². The molecule has 1 aliphatic rings. The third kappa shape index (κ3) is 4.81. The average molecular weight is 518 g/mol. The number of nitrogens with two attached hydrogens (primary N) is 1. The fourth-order valence-corrected chi connectivity index (χ4v) is 6.03. The van der Waals surface area contributed by atoms with Gasteiger partial charge in [-0.1, -0.05) is 49.6 Å².